The van der Waals surface area contributed by atoms with E-state index in [0.717, 1.165) is 48.7 Å². The fraction of sp³-hybridized carbons (Fsp3) is 0.600. The molecule has 1 aliphatic rings. The lowest BCUT2D eigenvalue weighted by atomic mass is 10.1. The molecule has 1 unspecified atom stereocenters. The Morgan fingerprint density at radius 2 is 2.39 bits per heavy atom. The molecule has 3 heterocycles. The highest BCUT2D eigenvalue weighted by Crippen LogP contribution is 2.31. The molecule has 1 fully saturated rings. The van der Waals surface area contributed by atoms with Crippen LogP contribution in [0, 0.1) is 6.92 Å². The Hall–Kier alpha value is -1.80. The second-order valence-electron chi connectivity index (χ2n) is 5.80. The highest BCUT2D eigenvalue weighted by Gasteiger charge is 2.30. The molecular weight excluding hydrogens is 314 g/mol. The molecule has 0 radical (unpaired) electrons. The predicted molar refractivity (Wildman–Crippen MR) is 87.3 cm³/mol. The fourth-order valence-electron chi connectivity index (χ4n) is 2.84. The van der Waals surface area contributed by atoms with Crippen molar-refractivity contribution in [2.75, 3.05) is 18.4 Å². The van der Waals surface area contributed by atoms with Gasteiger partial charge >= 0.3 is 0 Å². The van der Waals surface area contributed by atoms with E-state index >= 15 is 0 Å². The molecule has 0 spiro atoms. The molecule has 0 aliphatic carbocycles. The van der Waals surface area contributed by atoms with Gasteiger partial charge in [-0.15, -0.1) is 10.2 Å². The summed E-state index contributed by atoms with van der Waals surface area (Å²) in [6, 6.07) is 2.08. The van der Waals surface area contributed by atoms with Crippen molar-refractivity contribution in [3.05, 3.63) is 22.5 Å². The van der Waals surface area contributed by atoms with Crippen LogP contribution in [0.5, 0.6) is 0 Å². The smallest absolute Gasteiger partial charge is 0.240 e. The molecule has 1 N–H and O–H groups in total. The van der Waals surface area contributed by atoms with Crippen molar-refractivity contribution in [1.82, 2.24) is 20.3 Å². The normalized spacial score (nSPS) is 18.4. The molecule has 1 amide bonds. The van der Waals surface area contributed by atoms with Gasteiger partial charge in [0.25, 0.3) is 0 Å². The maximum Gasteiger partial charge on any atom is 0.240 e. The number of nitrogens with zero attached hydrogens (tertiary/aromatic N) is 4. The Morgan fingerprint density at radius 3 is 3.13 bits per heavy atom. The number of carbonyl (C=O) groups is 1. The molecular formula is C15H21N5O2S. The van der Waals surface area contributed by atoms with E-state index in [2.05, 4.69) is 32.5 Å². The van der Waals surface area contributed by atoms with E-state index in [0.29, 0.717) is 11.7 Å². The summed E-state index contributed by atoms with van der Waals surface area (Å²) in [5.41, 5.74) is 0.869. The first kappa shape index (κ1) is 16.1. The van der Waals surface area contributed by atoms with Crippen LogP contribution in [0.3, 0.4) is 0 Å². The van der Waals surface area contributed by atoms with Crippen LogP contribution in [0.25, 0.3) is 0 Å². The average Bonchev–Trinajstić information content (AvgIpc) is 3.21. The summed E-state index contributed by atoms with van der Waals surface area (Å²) < 4.78 is 5.36. The van der Waals surface area contributed by atoms with E-state index in [1.165, 1.54) is 11.3 Å². The molecule has 2 aromatic rings. The predicted octanol–water partition coefficient (Wildman–Crippen LogP) is 2.56. The molecule has 0 aromatic carbocycles. The van der Waals surface area contributed by atoms with Crippen LogP contribution < -0.4 is 5.32 Å². The van der Waals surface area contributed by atoms with E-state index in [4.69, 9.17) is 4.52 Å². The maximum absolute atomic E-state index is 12.3. The lowest BCUT2D eigenvalue weighted by molar-refractivity contribution is -0.117. The average molecular weight is 335 g/mol. The molecule has 7 nitrogen and oxygen atoms in total. The van der Waals surface area contributed by atoms with E-state index in [9.17, 15) is 4.79 Å². The van der Waals surface area contributed by atoms with Gasteiger partial charge in [-0.05, 0) is 32.7 Å². The summed E-state index contributed by atoms with van der Waals surface area (Å²) >= 11 is 1.44. The molecule has 1 saturated heterocycles. The van der Waals surface area contributed by atoms with E-state index in [1.54, 1.807) is 0 Å². The van der Waals surface area contributed by atoms with Crippen LogP contribution in [0.4, 0.5) is 5.13 Å². The Balaban J connectivity index is 1.58. The Kier molecular flexibility index (Phi) is 5.02. The fourth-order valence-corrected chi connectivity index (χ4v) is 3.70. The minimum absolute atomic E-state index is 0.0627. The highest BCUT2D eigenvalue weighted by molar-refractivity contribution is 7.15. The Bertz CT molecular complexity index is 668. The third-order valence-corrected chi connectivity index (χ3v) is 4.76. The topological polar surface area (TPSA) is 84.2 Å². The number of anilines is 1. The molecule has 0 saturated carbocycles. The summed E-state index contributed by atoms with van der Waals surface area (Å²) in [5.74, 6) is 0.779. The van der Waals surface area contributed by atoms with Crippen LogP contribution >= 0.6 is 11.3 Å². The lowest BCUT2D eigenvalue weighted by Gasteiger charge is -2.21. The second kappa shape index (κ2) is 7.18. The van der Waals surface area contributed by atoms with Gasteiger partial charge < -0.3 is 4.52 Å². The second-order valence-corrected chi connectivity index (χ2v) is 6.86. The van der Waals surface area contributed by atoms with Gasteiger partial charge in [0.1, 0.15) is 5.01 Å². The Morgan fingerprint density at radius 1 is 1.52 bits per heavy atom. The maximum atomic E-state index is 12.3. The van der Waals surface area contributed by atoms with Crippen LogP contribution in [-0.2, 0) is 11.2 Å². The van der Waals surface area contributed by atoms with Crippen LogP contribution in [0.2, 0.25) is 0 Å². The van der Waals surface area contributed by atoms with Gasteiger partial charge in [0.2, 0.25) is 11.0 Å². The number of aryl methyl sites for hydroxylation is 2. The molecule has 23 heavy (non-hydrogen) atoms. The molecule has 1 atom stereocenters. The van der Waals surface area contributed by atoms with Gasteiger partial charge in [0.15, 0.2) is 5.76 Å². The zero-order chi connectivity index (χ0) is 16.2. The number of aromatic nitrogens is 3. The van der Waals surface area contributed by atoms with Gasteiger partial charge in [-0.25, -0.2) is 0 Å². The minimum Gasteiger partial charge on any atom is -0.359 e. The highest BCUT2D eigenvalue weighted by atomic mass is 32.1. The molecule has 124 valence electrons. The van der Waals surface area contributed by atoms with Gasteiger partial charge in [-0.3, -0.25) is 15.0 Å². The van der Waals surface area contributed by atoms with E-state index < -0.39 is 0 Å². The number of hydrogen-bond acceptors (Lipinski definition) is 7. The number of carbonyl (C=O) groups excluding carboxylic acids is 1. The zero-order valence-corrected chi connectivity index (χ0v) is 14.2. The first-order valence-corrected chi connectivity index (χ1v) is 8.77. The quantitative estimate of drug-likeness (QED) is 0.873. The van der Waals surface area contributed by atoms with Crippen molar-refractivity contribution >= 4 is 22.4 Å². The number of likely N-dealkylation sites (tertiary alicyclic amines) is 1. The standard InChI is InChI=1S/C15H21N5O2S/c1-3-5-14-17-18-15(23-14)16-13(21)9-20-7-4-6-11(20)12-8-10(2)19-22-12/h8,11H,3-7,9H2,1-2H3,(H,16,18,21). The van der Waals surface area contributed by atoms with Gasteiger partial charge in [-0.1, -0.05) is 23.4 Å². The lowest BCUT2D eigenvalue weighted by Crippen LogP contribution is -2.32. The number of rotatable bonds is 6. The summed E-state index contributed by atoms with van der Waals surface area (Å²) in [6.45, 7) is 5.21. The molecule has 1 aliphatic heterocycles. The summed E-state index contributed by atoms with van der Waals surface area (Å²) in [5, 5.41) is 16.4. The zero-order valence-electron chi connectivity index (χ0n) is 13.4. The van der Waals surface area contributed by atoms with Crippen molar-refractivity contribution in [2.24, 2.45) is 0 Å². The van der Waals surface area contributed by atoms with Crippen molar-refractivity contribution in [3.8, 4) is 0 Å². The van der Waals surface area contributed by atoms with Crippen molar-refractivity contribution in [1.29, 1.82) is 0 Å². The Labute approximate surface area is 139 Å². The van der Waals surface area contributed by atoms with Gasteiger partial charge in [0.05, 0.1) is 18.3 Å². The number of nitrogens with one attached hydrogen (secondary N) is 1. The number of amides is 1. The first-order chi connectivity index (χ1) is 11.2. The SMILES string of the molecule is CCCc1nnc(NC(=O)CN2CCCC2c2cc(C)no2)s1. The van der Waals surface area contributed by atoms with Crippen molar-refractivity contribution < 1.29 is 9.32 Å². The molecule has 3 rings (SSSR count). The monoisotopic (exact) mass is 335 g/mol. The first-order valence-electron chi connectivity index (χ1n) is 7.95. The largest absolute Gasteiger partial charge is 0.359 e. The third-order valence-electron chi connectivity index (χ3n) is 3.86. The van der Waals surface area contributed by atoms with Gasteiger partial charge in [0, 0.05) is 12.5 Å². The third kappa shape index (κ3) is 3.94. The summed E-state index contributed by atoms with van der Waals surface area (Å²) in [4.78, 5) is 14.4. The van der Waals surface area contributed by atoms with Crippen molar-refractivity contribution in [3.63, 3.8) is 0 Å². The number of hydrogen-bond donors (Lipinski definition) is 1. The van der Waals surface area contributed by atoms with Crippen LogP contribution in [0.1, 0.15) is 48.7 Å². The molecule has 2 aromatic heterocycles. The molecule has 0 bridgehead atoms. The van der Waals surface area contributed by atoms with Gasteiger partial charge in [-0.2, -0.15) is 0 Å². The van der Waals surface area contributed by atoms with E-state index in [1.807, 2.05) is 13.0 Å². The summed E-state index contributed by atoms with van der Waals surface area (Å²) in [6.07, 6.45) is 3.96. The van der Waals surface area contributed by atoms with Crippen LogP contribution in [-0.4, -0.2) is 39.3 Å². The van der Waals surface area contributed by atoms with Crippen LogP contribution in [0.15, 0.2) is 10.6 Å². The molecule has 8 heteroatoms. The van der Waals surface area contributed by atoms with E-state index in [-0.39, 0.29) is 11.9 Å². The van der Waals surface area contributed by atoms with Crippen molar-refractivity contribution in [2.45, 2.75) is 45.6 Å². The minimum atomic E-state index is -0.0627. The summed E-state index contributed by atoms with van der Waals surface area (Å²) in [7, 11) is 0.